The summed E-state index contributed by atoms with van der Waals surface area (Å²) in [6.45, 7) is 2.24. The molecule has 0 spiro atoms. The third kappa shape index (κ3) is 2.03. The van der Waals surface area contributed by atoms with Crippen molar-refractivity contribution in [2.75, 3.05) is 6.54 Å². The first-order valence-corrected chi connectivity index (χ1v) is 3.54. The van der Waals surface area contributed by atoms with E-state index >= 15 is 0 Å². The van der Waals surface area contributed by atoms with Gasteiger partial charge in [-0.15, -0.1) is 0 Å². The van der Waals surface area contributed by atoms with Gasteiger partial charge in [0.2, 0.25) is 5.89 Å². The molecule has 4 nitrogen and oxygen atoms in total. The molecule has 0 fully saturated rings. The van der Waals surface area contributed by atoms with Gasteiger partial charge in [-0.1, -0.05) is 0 Å². The molecule has 0 saturated heterocycles. The zero-order chi connectivity index (χ0) is 8.27. The van der Waals surface area contributed by atoms with Crippen molar-refractivity contribution >= 4 is 0 Å². The van der Waals surface area contributed by atoms with Crippen molar-refractivity contribution in [3.63, 3.8) is 0 Å². The molecule has 1 unspecified atom stereocenters. The Morgan fingerprint density at radius 3 is 3.00 bits per heavy atom. The van der Waals surface area contributed by atoms with Gasteiger partial charge in [0, 0.05) is 0 Å². The van der Waals surface area contributed by atoms with Crippen LogP contribution in [0.2, 0.25) is 0 Å². The van der Waals surface area contributed by atoms with Gasteiger partial charge in [0.1, 0.15) is 12.4 Å². The summed E-state index contributed by atoms with van der Waals surface area (Å²) in [5.74, 6) is 0.355. The van der Waals surface area contributed by atoms with Crippen LogP contribution in [-0.4, -0.2) is 16.6 Å². The van der Waals surface area contributed by atoms with Crippen LogP contribution in [0.3, 0.4) is 0 Å². The van der Waals surface area contributed by atoms with Gasteiger partial charge < -0.3 is 15.3 Å². The van der Waals surface area contributed by atoms with E-state index in [0.29, 0.717) is 18.9 Å². The van der Waals surface area contributed by atoms with Gasteiger partial charge in [-0.2, -0.15) is 0 Å². The van der Waals surface area contributed by atoms with Crippen LogP contribution in [0.4, 0.5) is 0 Å². The Labute approximate surface area is 65.0 Å². The molecule has 11 heavy (non-hydrogen) atoms. The van der Waals surface area contributed by atoms with Gasteiger partial charge in [-0.25, -0.2) is 4.98 Å². The fourth-order valence-electron chi connectivity index (χ4n) is 0.807. The van der Waals surface area contributed by atoms with Crippen molar-refractivity contribution in [2.45, 2.75) is 19.4 Å². The van der Waals surface area contributed by atoms with Crippen molar-refractivity contribution in [3.8, 4) is 0 Å². The zero-order valence-electron chi connectivity index (χ0n) is 6.45. The lowest BCUT2D eigenvalue weighted by Gasteiger charge is -2.01. The van der Waals surface area contributed by atoms with Crippen LogP contribution in [0.25, 0.3) is 0 Å². The maximum atomic E-state index is 9.30. The van der Waals surface area contributed by atoms with E-state index in [1.165, 1.54) is 6.26 Å². The smallest absolute Gasteiger partial charge is 0.223 e. The number of aliphatic hydroxyl groups excluding tert-OH is 1. The molecule has 0 bridgehead atoms. The molecule has 1 heterocycles. The van der Waals surface area contributed by atoms with Crippen LogP contribution in [-0.2, 0) is 0 Å². The second kappa shape index (κ2) is 3.50. The molecule has 1 rings (SSSR count). The molecule has 0 amide bonds. The molecule has 0 aliphatic heterocycles. The van der Waals surface area contributed by atoms with Gasteiger partial charge in [0.05, 0.1) is 5.69 Å². The first-order chi connectivity index (χ1) is 5.24. The highest BCUT2D eigenvalue weighted by atomic mass is 16.4. The molecule has 62 valence electrons. The van der Waals surface area contributed by atoms with Gasteiger partial charge in [0.25, 0.3) is 0 Å². The van der Waals surface area contributed by atoms with Crippen LogP contribution < -0.4 is 5.73 Å². The Bertz CT molecular complexity index is 222. The Morgan fingerprint density at radius 1 is 1.82 bits per heavy atom. The van der Waals surface area contributed by atoms with E-state index in [4.69, 9.17) is 10.2 Å². The molecule has 0 aliphatic carbocycles. The number of aliphatic hydroxyl groups is 1. The van der Waals surface area contributed by atoms with E-state index in [-0.39, 0.29) is 0 Å². The predicted molar refractivity (Wildman–Crippen MR) is 39.9 cm³/mol. The van der Waals surface area contributed by atoms with Crippen molar-refractivity contribution in [1.82, 2.24) is 4.98 Å². The lowest BCUT2D eigenvalue weighted by atomic mass is 10.2. The molecule has 1 atom stereocenters. The third-order valence-corrected chi connectivity index (χ3v) is 1.36. The van der Waals surface area contributed by atoms with Crippen molar-refractivity contribution in [2.24, 2.45) is 5.73 Å². The van der Waals surface area contributed by atoms with Gasteiger partial charge >= 0.3 is 0 Å². The Hall–Kier alpha value is -0.870. The van der Waals surface area contributed by atoms with Crippen LogP contribution in [0.1, 0.15) is 24.1 Å². The summed E-state index contributed by atoms with van der Waals surface area (Å²) >= 11 is 0. The largest absolute Gasteiger partial charge is 0.446 e. The van der Waals surface area contributed by atoms with Crippen molar-refractivity contribution < 1.29 is 9.52 Å². The van der Waals surface area contributed by atoms with E-state index in [9.17, 15) is 5.11 Å². The van der Waals surface area contributed by atoms with Crippen LogP contribution >= 0.6 is 0 Å². The lowest BCUT2D eigenvalue weighted by molar-refractivity contribution is 0.136. The average Bonchev–Trinajstić information content (AvgIpc) is 2.36. The second-order valence-electron chi connectivity index (χ2n) is 2.42. The number of aryl methyl sites for hydroxylation is 1. The molecule has 0 saturated carbocycles. The van der Waals surface area contributed by atoms with Crippen LogP contribution in [0.15, 0.2) is 10.7 Å². The standard InChI is InChI=1S/C7H12N2O2/c1-5-4-11-7(9-5)6(10)2-3-8/h4,6,10H,2-3,8H2,1H3. The van der Waals surface area contributed by atoms with Crippen LogP contribution in [0, 0.1) is 6.92 Å². The topological polar surface area (TPSA) is 72.3 Å². The Kier molecular flexibility index (Phi) is 2.62. The number of nitrogens with zero attached hydrogens (tertiary/aromatic N) is 1. The first kappa shape index (κ1) is 8.23. The normalized spacial score (nSPS) is 13.4. The van der Waals surface area contributed by atoms with E-state index in [2.05, 4.69) is 4.98 Å². The monoisotopic (exact) mass is 156 g/mol. The predicted octanol–water partition coefficient (Wildman–Crippen LogP) is 0.365. The molecule has 1 aromatic rings. The number of hydrogen-bond acceptors (Lipinski definition) is 4. The summed E-state index contributed by atoms with van der Waals surface area (Å²) in [6.07, 6.45) is 1.34. The van der Waals surface area contributed by atoms with E-state index in [1.54, 1.807) is 0 Å². The fourth-order valence-corrected chi connectivity index (χ4v) is 0.807. The summed E-state index contributed by atoms with van der Waals surface area (Å²) in [4.78, 5) is 3.96. The second-order valence-corrected chi connectivity index (χ2v) is 2.42. The average molecular weight is 156 g/mol. The van der Waals surface area contributed by atoms with E-state index < -0.39 is 6.10 Å². The minimum Gasteiger partial charge on any atom is -0.446 e. The lowest BCUT2D eigenvalue weighted by Crippen LogP contribution is -2.06. The zero-order valence-corrected chi connectivity index (χ0v) is 6.45. The summed E-state index contributed by atoms with van der Waals surface area (Å²) in [7, 11) is 0. The fraction of sp³-hybridized carbons (Fsp3) is 0.571. The third-order valence-electron chi connectivity index (χ3n) is 1.36. The molecular weight excluding hydrogens is 144 g/mol. The molecule has 3 N–H and O–H groups in total. The minimum absolute atomic E-state index is 0.355. The SMILES string of the molecule is Cc1coc(C(O)CCN)n1. The number of rotatable bonds is 3. The summed E-state index contributed by atoms with van der Waals surface area (Å²) < 4.78 is 4.96. The highest BCUT2D eigenvalue weighted by Crippen LogP contribution is 2.14. The first-order valence-electron chi connectivity index (χ1n) is 3.54. The molecule has 0 aromatic carbocycles. The quantitative estimate of drug-likeness (QED) is 0.663. The number of oxazole rings is 1. The molecule has 4 heteroatoms. The number of aromatic nitrogens is 1. The maximum Gasteiger partial charge on any atom is 0.223 e. The molecule has 1 aromatic heterocycles. The number of nitrogens with two attached hydrogens (primary N) is 1. The highest BCUT2D eigenvalue weighted by molar-refractivity contribution is 4.95. The Morgan fingerprint density at radius 2 is 2.55 bits per heavy atom. The summed E-state index contributed by atoms with van der Waals surface area (Å²) in [6, 6.07) is 0. The van der Waals surface area contributed by atoms with Crippen molar-refractivity contribution in [3.05, 3.63) is 17.8 Å². The van der Waals surface area contributed by atoms with Crippen LogP contribution in [0.5, 0.6) is 0 Å². The molecular formula is C7H12N2O2. The van der Waals surface area contributed by atoms with E-state index in [1.807, 2.05) is 6.92 Å². The Balaban J connectivity index is 2.60. The highest BCUT2D eigenvalue weighted by Gasteiger charge is 2.11. The summed E-state index contributed by atoms with van der Waals surface area (Å²) in [5.41, 5.74) is 6.02. The maximum absolute atomic E-state index is 9.30. The molecule has 0 radical (unpaired) electrons. The van der Waals surface area contributed by atoms with Gasteiger partial charge in [-0.3, -0.25) is 0 Å². The van der Waals surface area contributed by atoms with E-state index in [0.717, 1.165) is 5.69 Å². The minimum atomic E-state index is -0.659. The van der Waals surface area contributed by atoms with Gasteiger partial charge in [0.15, 0.2) is 0 Å². The number of hydrogen-bond donors (Lipinski definition) is 2. The molecule has 0 aliphatic rings. The van der Waals surface area contributed by atoms with Gasteiger partial charge in [-0.05, 0) is 19.9 Å². The van der Waals surface area contributed by atoms with Crippen molar-refractivity contribution in [1.29, 1.82) is 0 Å². The summed E-state index contributed by atoms with van der Waals surface area (Å²) in [5, 5.41) is 9.30.